The summed E-state index contributed by atoms with van der Waals surface area (Å²) in [5.74, 6) is 0.468. The zero-order valence-corrected chi connectivity index (χ0v) is 10.8. The molecule has 0 radical (unpaired) electrons. The highest BCUT2D eigenvalue weighted by Crippen LogP contribution is 2.08. The Hall–Kier alpha value is -0.770. The molecule has 3 N–H and O–H groups in total. The van der Waals surface area contributed by atoms with Crippen LogP contribution in [0.2, 0.25) is 0 Å². The molecule has 0 fully saturated rings. The summed E-state index contributed by atoms with van der Waals surface area (Å²) in [7, 11) is 0. The topological polar surface area (TPSA) is 59.6 Å². The highest BCUT2D eigenvalue weighted by atomic mass is 16.5. The van der Waals surface area contributed by atoms with Crippen LogP contribution in [-0.2, 0) is 4.74 Å². The monoisotopic (exact) mass is 215 g/mol. The third kappa shape index (κ3) is 8.24. The van der Waals surface area contributed by atoms with Gasteiger partial charge in [0, 0.05) is 12.1 Å². The minimum atomic E-state index is -0.251. The van der Waals surface area contributed by atoms with Crippen LogP contribution in [0.25, 0.3) is 0 Å². The van der Waals surface area contributed by atoms with Gasteiger partial charge in [-0.1, -0.05) is 0 Å². The second-order valence-electron chi connectivity index (χ2n) is 5.27. The summed E-state index contributed by atoms with van der Waals surface area (Å²) >= 11 is 0. The normalized spacial score (nSPS) is 14.1. The molecular formula is C11H25N3O. The summed E-state index contributed by atoms with van der Waals surface area (Å²) < 4.78 is 5.52. The summed E-state index contributed by atoms with van der Waals surface area (Å²) in [6.45, 7) is 13.4. The number of rotatable bonds is 4. The number of guanidine groups is 1. The van der Waals surface area contributed by atoms with Crippen molar-refractivity contribution in [3.63, 3.8) is 0 Å². The molecule has 0 rings (SSSR count). The Morgan fingerprint density at radius 3 is 2.20 bits per heavy atom. The average Bonchev–Trinajstić information content (AvgIpc) is 1.98. The summed E-state index contributed by atoms with van der Waals surface area (Å²) in [4.78, 5) is 4.26. The van der Waals surface area contributed by atoms with Gasteiger partial charge in [-0.25, -0.2) is 0 Å². The molecule has 0 aromatic rings. The van der Waals surface area contributed by atoms with Crippen LogP contribution in [0.4, 0.5) is 0 Å². The van der Waals surface area contributed by atoms with E-state index >= 15 is 0 Å². The van der Waals surface area contributed by atoms with Gasteiger partial charge in [0.25, 0.3) is 0 Å². The molecule has 4 nitrogen and oxygen atoms in total. The van der Waals surface area contributed by atoms with Crippen LogP contribution >= 0.6 is 0 Å². The smallest absolute Gasteiger partial charge is 0.189 e. The summed E-state index contributed by atoms with van der Waals surface area (Å²) in [6, 6.07) is 0. The maximum absolute atomic E-state index is 5.75. The van der Waals surface area contributed by atoms with Crippen LogP contribution in [0.5, 0.6) is 0 Å². The Labute approximate surface area is 93.3 Å². The van der Waals surface area contributed by atoms with Crippen molar-refractivity contribution in [1.82, 2.24) is 5.32 Å². The van der Waals surface area contributed by atoms with Gasteiger partial charge in [0.05, 0.1) is 12.1 Å². The fraction of sp³-hybridized carbons (Fsp3) is 0.909. The first-order valence-electron chi connectivity index (χ1n) is 5.38. The Morgan fingerprint density at radius 1 is 1.27 bits per heavy atom. The lowest BCUT2D eigenvalue weighted by atomic mass is 10.1. The van der Waals surface area contributed by atoms with Crippen molar-refractivity contribution in [2.75, 3.05) is 13.2 Å². The van der Waals surface area contributed by atoms with Gasteiger partial charge in [-0.2, -0.15) is 0 Å². The van der Waals surface area contributed by atoms with Gasteiger partial charge in [-0.05, 0) is 41.5 Å². The largest absolute Gasteiger partial charge is 0.374 e. The lowest BCUT2D eigenvalue weighted by Gasteiger charge is -2.24. The standard InChI is InChI=1S/C11H25N3O/c1-7-15-11(5,6)8-13-9(12)14-10(2,3)4/h7-8H2,1-6H3,(H3,12,13,14). The molecule has 0 heterocycles. The molecule has 0 aromatic heterocycles. The number of hydrogen-bond donors (Lipinski definition) is 2. The Bertz CT molecular complexity index is 216. The highest BCUT2D eigenvalue weighted by molar-refractivity contribution is 5.78. The lowest BCUT2D eigenvalue weighted by Crippen LogP contribution is -2.45. The third-order valence-electron chi connectivity index (χ3n) is 1.67. The fourth-order valence-corrected chi connectivity index (χ4v) is 1.14. The van der Waals surface area contributed by atoms with Crippen molar-refractivity contribution in [3.05, 3.63) is 0 Å². The predicted molar refractivity (Wildman–Crippen MR) is 65.1 cm³/mol. The van der Waals surface area contributed by atoms with Crippen LogP contribution in [-0.4, -0.2) is 30.3 Å². The summed E-state index contributed by atoms with van der Waals surface area (Å²) in [5.41, 5.74) is 5.44. The number of nitrogens with two attached hydrogens (primary N) is 1. The van der Waals surface area contributed by atoms with Crippen LogP contribution in [0, 0.1) is 0 Å². The maximum atomic E-state index is 5.75. The first kappa shape index (κ1) is 14.2. The molecule has 0 aliphatic heterocycles. The van der Waals surface area contributed by atoms with E-state index in [1.54, 1.807) is 0 Å². The minimum Gasteiger partial charge on any atom is -0.374 e. The zero-order chi connectivity index (χ0) is 12.1. The van der Waals surface area contributed by atoms with E-state index in [1.807, 2.05) is 41.5 Å². The molecular weight excluding hydrogens is 190 g/mol. The van der Waals surface area contributed by atoms with Crippen LogP contribution < -0.4 is 11.1 Å². The summed E-state index contributed by atoms with van der Waals surface area (Å²) in [6.07, 6.45) is 0. The van der Waals surface area contributed by atoms with E-state index in [9.17, 15) is 0 Å². The molecule has 0 saturated heterocycles. The van der Waals surface area contributed by atoms with E-state index in [4.69, 9.17) is 10.5 Å². The summed E-state index contributed by atoms with van der Waals surface area (Å²) in [5, 5.41) is 3.11. The quantitative estimate of drug-likeness (QED) is 0.552. The Balaban J connectivity index is 4.16. The van der Waals surface area contributed by atoms with Crippen LogP contribution in [0.15, 0.2) is 4.99 Å². The second-order valence-corrected chi connectivity index (χ2v) is 5.27. The van der Waals surface area contributed by atoms with Gasteiger partial charge in [-0.15, -0.1) is 0 Å². The third-order valence-corrected chi connectivity index (χ3v) is 1.67. The van der Waals surface area contributed by atoms with Gasteiger partial charge in [0.1, 0.15) is 0 Å². The Morgan fingerprint density at radius 2 is 1.80 bits per heavy atom. The van der Waals surface area contributed by atoms with E-state index in [2.05, 4.69) is 10.3 Å². The van der Waals surface area contributed by atoms with Crippen molar-refractivity contribution in [1.29, 1.82) is 0 Å². The molecule has 0 atom stereocenters. The van der Waals surface area contributed by atoms with Crippen LogP contribution in [0.3, 0.4) is 0 Å². The highest BCUT2D eigenvalue weighted by Gasteiger charge is 2.17. The number of ether oxygens (including phenoxy) is 1. The molecule has 0 saturated carbocycles. The van der Waals surface area contributed by atoms with Gasteiger partial charge in [-0.3, -0.25) is 4.99 Å². The molecule has 0 amide bonds. The van der Waals surface area contributed by atoms with Crippen LogP contribution in [0.1, 0.15) is 41.5 Å². The second kappa shape index (κ2) is 5.35. The van der Waals surface area contributed by atoms with Crippen molar-refractivity contribution < 1.29 is 4.74 Å². The first-order valence-corrected chi connectivity index (χ1v) is 5.38. The van der Waals surface area contributed by atoms with Gasteiger partial charge in [0.2, 0.25) is 0 Å². The average molecular weight is 215 g/mol. The van der Waals surface area contributed by atoms with Gasteiger partial charge >= 0.3 is 0 Å². The number of nitrogens with zero attached hydrogens (tertiary/aromatic N) is 1. The van der Waals surface area contributed by atoms with Gasteiger partial charge in [0.15, 0.2) is 5.96 Å². The van der Waals surface area contributed by atoms with E-state index in [-0.39, 0.29) is 11.1 Å². The van der Waals surface area contributed by atoms with Crippen molar-refractivity contribution in [3.8, 4) is 0 Å². The van der Waals surface area contributed by atoms with E-state index in [1.165, 1.54) is 0 Å². The zero-order valence-electron chi connectivity index (χ0n) is 10.8. The van der Waals surface area contributed by atoms with Crippen molar-refractivity contribution >= 4 is 5.96 Å². The number of aliphatic imine (C=N–C) groups is 1. The van der Waals surface area contributed by atoms with E-state index in [0.717, 1.165) is 0 Å². The van der Waals surface area contributed by atoms with E-state index < -0.39 is 0 Å². The maximum Gasteiger partial charge on any atom is 0.189 e. The van der Waals surface area contributed by atoms with Crippen molar-refractivity contribution in [2.45, 2.75) is 52.7 Å². The molecule has 0 unspecified atom stereocenters. The molecule has 0 aromatic carbocycles. The molecule has 0 spiro atoms. The lowest BCUT2D eigenvalue weighted by molar-refractivity contribution is -0.00218. The Kier molecular flexibility index (Phi) is 5.08. The molecule has 4 heteroatoms. The number of hydrogen-bond acceptors (Lipinski definition) is 2. The molecule has 0 aliphatic rings. The molecule has 0 bridgehead atoms. The van der Waals surface area contributed by atoms with Gasteiger partial charge < -0.3 is 15.8 Å². The predicted octanol–water partition coefficient (Wildman–Crippen LogP) is 1.50. The van der Waals surface area contributed by atoms with E-state index in [0.29, 0.717) is 19.1 Å². The van der Waals surface area contributed by atoms with Crippen molar-refractivity contribution in [2.24, 2.45) is 10.7 Å². The first-order chi connectivity index (χ1) is 6.66. The number of nitrogens with one attached hydrogen (secondary N) is 1. The fourth-order valence-electron chi connectivity index (χ4n) is 1.14. The molecule has 15 heavy (non-hydrogen) atoms. The minimum absolute atomic E-state index is 0.0522. The SMILES string of the molecule is CCOC(C)(C)CN=C(N)NC(C)(C)C. The molecule has 0 aliphatic carbocycles. The molecule has 90 valence electrons.